The number of hydrogen-bond donors (Lipinski definition) is 0. The van der Waals surface area contributed by atoms with Crippen molar-refractivity contribution in [3.63, 3.8) is 0 Å². The summed E-state index contributed by atoms with van der Waals surface area (Å²) in [5.41, 5.74) is 1.21. The second-order valence-corrected chi connectivity index (χ2v) is 5.86. The summed E-state index contributed by atoms with van der Waals surface area (Å²) < 4.78 is 5.61. The first-order valence-electron chi connectivity index (χ1n) is 7.66. The van der Waals surface area contributed by atoms with Gasteiger partial charge in [-0.2, -0.15) is 0 Å². The topological polar surface area (TPSA) is 42.4 Å². The summed E-state index contributed by atoms with van der Waals surface area (Å²) in [6, 6.07) is 4.18. The van der Waals surface area contributed by atoms with Crippen molar-refractivity contribution in [3.05, 3.63) is 42.2 Å². The number of pyridine rings is 1. The Hall–Kier alpha value is -1.68. The SMILES string of the molecule is CO[C@H]1CCN(C(=O)C2CC=CC2)[C@H]1Cc1ccncc1. The molecule has 0 spiro atoms. The average molecular weight is 286 g/mol. The van der Waals surface area contributed by atoms with Crippen molar-refractivity contribution in [2.75, 3.05) is 13.7 Å². The zero-order valence-electron chi connectivity index (χ0n) is 12.4. The highest BCUT2D eigenvalue weighted by molar-refractivity contribution is 5.80. The molecule has 0 aromatic carbocycles. The molecule has 1 saturated heterocycles. The zero-order chi connectivity index (χ0) is 14.7. The molecule has 1 fully saturated rings. The van der Waals surface area contributed by atoms with Gasteiger partial charge in [-0.1, -0.05) is 12.2 Å². The number of carbonyl (C=O) groups excluding carboxylic acids is 1. The molecule has 1 aliphatic heterocycles. The summed E-state index contributed by atoms with van der Waals surface area (Å²) in [6.07, 6.45) is 11.5. The number of allylic oxidation sites excluding steroid dienone is 2. The molecule has 4 heteroatoms. The Kier molecular flexibility index (Phi) is 4.34. The molecule has 1 aromatic heterocycles. The highest BCUT2D eigenvalue weighted by Gasteiger charge is 2.39. The van der Waals surface area contributed by atoms with Gasteiger partial charge in [0.15, 0.2) is 0 Å². The molecule has 3 rings (SSSR count). The second kappa shape index (κ2) is 6.39. The van der Waals surface area contributed by atoms with E-state index in [-0.39, 0.29) is 18.1 Å². The van der Waals surface area contributed by atoms with E-state index in [0.29, 0.717) is 5.91 Å². The van der Waals surface area contributed by atoms with Crippen LogP contribution in [0.2, 0.25) is 0 Å². The Balaban J connectivity index is 1.74. The van der Waals surface area contributed by atoms with Crippen LogP contribution in [-0.2, 0) is 16.0 Å². The molecular weight excluding hydrogens is 264 g/mol. The normalized spacial score (nSPS) is 25.7. The largest absolute Gasteiger partial charge is 0.379 e. The first-order valence-corrected chi connectivity index (χ1v) is 7.66. The third-order valence-corrected chi connectivity index (χ3v) is 4.62. The van der Waals surface area contributed by atoms with Gasteiger partial charge in [0.2, 0.25) is 5.91 Å². The van der Waals surface area contributed by atoms with Crippen LogP contribution in [0.4, 0.5) is 0 Å². The van der Waals surface area contributed by atoms with Crippen LogP contribution >= 0.6 is 0 Å². The first kappa shape index (κ1) is 14.3. The Bertz CT molecular complexity index is 507. The van der Waals surface area contributed by atoms with Crippen molar-refractivity contribution >= 4 is 5.91 Å². The second-order valence-electron chi connectivity index (χ2n) is 5.86. The highest BCUT2D eigenvalue weighted by atomic mass is 16.5. The minimum Gasteiger partial charge on any atom is -0.379 e. The predicted octanol–water partition coefficient (Wildman–Crippen LogP) is 2.21. The van der Waals surface area contributed by atoms with E-state index in [4.69, 9.17) is 4.74 Å². The third kappa shape index (κ3) is 3.00. The van der Waals surface area contributed by atoms with Crippen molar-refractivity contribution in [1.82, 2.24) is 9.88 Å². The maximum absolute atomic E-state index is 12.7. The molecule has 1 aromatic rings. The maximum Gasteiger partial charge on any atom is 0.226 e. The number of hydrogen-bond acceptors (Lipinski definition) is 3. The predicted molar refractivity (Wildman–Crippen MR) is 80.7 cm³/mol. The minimum absolute atomic E-state index is 0.136. The van der Waals surface area contributed by atoms with Gasteiger partial charge < -0.3 is 9.64 Å². The van der Waals surface area contributed by atoms with Crippen LogP contribution in [0, 0.1) is 5.92 Å². The maximum atomic E-state index is 12.7. The number of ether oxygens (including phenoxy) is 1. The van der Waals surface area contributed by atoms with Gasteiger partial charge in [-0.3, -0.25) is 9.78 Å². The summed E-state index contributed by atoms with van der Waals surface area (Å²) in [4.78, 5) is 18.8. The molecule has 1 aliphatic carbocycles. The van der Waals surface area contributed by atoms with Crippen molar-refractivity contribution < 1.29 is 9.53 Å². The van der Waals surface area contributed by atoms with Crippen LogP contribution in [0.1, 0.15) is 24.8 Å². The van der Waals surface area contributed by atoms with Crippen molar-refractivity contribution in [3.8, 4) is 0 Å². The number of likely N-dealkylation sites (tertiary alicyclic amines) is 1. The van der Waals surface area contributed by atoms with Gasteiger partial charge in [-0.25, -0.2) is 0 Å². The number of methoxy groups -OCH3 is 1. The number of amides is 1. The summed E-state index contributed by atoms with van der Waals surface area (Å²) >= 11 is 0. The van der Waals surface area contributed by atoms with Crippen LogP contribution < -0.4 is 0 Å². The molecule has 4 nitrogen and oxygen atoms in total. The quantitative estimate of drug-likeness (QED) is 0.797. The average Bonchev–Trinajstić information content (AvgIpc) is 3.17. The van der Waals surface area contributed by atoms with Crippen LogP contribution in [0.5, 0.6) is 0 Å². The minimum atomic E-state index is 0.136. The molecule has 0 N–H and O–H groups in total. The fraction of sp³-hybridized carbons (Fsp3) is 0.529. The molecule has 1 amide bonds. The van der Waals surface area contributed by atoms with Gasteiger partial charge in [0.25, 0.3) is 0 Å². The van der Waals surface area contributed by atoms with E-state index in [9.17, 15) is 4.79 Å². The van der Waals surface area contributed by atoms with Crippen LogP contribution in [-0.4, -0.2) is 41.6 Å². The van der Waals surface area contributed by atoms with Gasteiger partial charge in [-0.15, -0.1) is 0 Å². The smallest absolute Gasteiger partial charge is 0.226 e. The highest BCUT2D eigenvalue weighted by Crippen LogP contribution is 2.29. The van der Waals surface area contributed by atoms with Crippen molar-refractivity contribution in [2.45, 2.75) is 37.8 Å². The number of nitrogens with zero attached hydrogens (tertiary/aromatic N) is 2. The van der Waals surface area contributed by atoms with E-state index in [1.165, 1.54) is 5.56 Å². The standard InChI is InChI=1S/C17H22N2O2/c1-21-16-8-11-19(17(20)14-4-2-3-5-14)15(16)12-13-6-9-18-10-7-13/h2-3,6-7,9-10,14-16H,4-5,8,11-12H2,1H3/t15-,16-/m0/s1. The van der Waals surface area contributed by atoms with Gasteiger partial charge in [-0.05, 0) is 43.4 Å². The lowest BCUT2D eigenvalue weighted by Crippen LogP contribution is -2.44. The van der Waals surface area contributed by atoms with E-state index in [0.717, 1.165) is 32.2 Å². The van der Waals surface area contributed by atoms with Crippen LogP contribution in [0.3, 0.4) is 0 Å². The Morgan fingerprint density at radius 1 is 1.33 bits per heavy atom. The van der Waals surface area contributed by atoms with E-state index in [2.05, 4.69) is 17.1 Å². The zero-order valence-corrected chi connectivity index (χ0v) is 12.4. The van der Waals surface area contributed by atoms with Crippen molar-refractivity contribution in [1.29, 1.82) is 0 Å². The summed E-state index contributed by atoms with van der Waals surface area (Å²) in [5.74, 6) is 0.430. The lowest BCUT2D eigenvalue weighted by atomic mass is 10.0. The third-order valence-electron chi connectivity index (χ3n) is 4.62. The lowest BCUT2D eigenvalue weighted by Gasteiger charge is -2.30. The molecule has 0 saturated carbocycles. The summed E-state index contributed by atoms with van der Waals surface area (Å²) in [6.45, 7) is 0.809. The Labute approximate surface area is 125 Å². The van der Waals surface area contributed by atoms with Gasteiger partial charge in [0.05, 0.1) is 12.1 Å². The molecule has 2 atom stereocenters. The van der Waals surface area contributed by atoms with E-state index in [1.807, 2.05) is 17.0 Å². The molecule has 0 radical (unpaired) electrons. The molecule has 2 heterocycles. The van der Waals surface area contributed by atoms with Gasteiger partial charge in [0, 0.05) is 32.0 Å². The monoisotopic (exact) mass is 286 g/mol. The van der Waals surface area contributed by atoms with Crippen molar-refractivity contribution in [2.24, 2.45) is 5.92 Å². The van der Waals surface area contributed by atoms with Crippen LogP contribution in [0.15, 0.2) is 36.7 Å². The molecule has 21 heavy (non-hydrogen) atoms. The fourth-order valence-electron chi connectivity index (χ4n) is 3.43. The van der Waals surface area contributed by atoms with Gasteiger partial charge >= 0.3 is 0 Å². The van der Waals surface area contributed by atoms with E-state index < -0.39 is 0 Å². The Morgan fingerprint density at radius 3 is 2.71 bits per heavy atom. The number of aromatic nitrogens is 1. The Morgan fingerprint density at radius 2 is 2.05 bits per heavy atom. The molecule has 0 bridgehead atoms. The molecule has 0 unspecified atom stereocenters. The number of rotatable bonds is 4. The van der Waals surface area contributed by atoms with E-state index >= 15 is 0 Å². The molecule has 112 valence electrons. The summed E-state index contributed by atoms with van der Waals surface area (Å²) in [7, 11) is 1.75. The fourth-order valence-corrected chi connectivity index (χ4v) is 3.43. The first-order chi connectivity index (χ1) is 10.3. The molecular formula is C17H22N2O2. The van der Waals surface area contributed by atoms with Gasteiger partial charge in [0.1, 0.15) is 0 Å². The summed E-state index contributed by atoms with van der Waals surface area (Å²) in [5, 5.41) is 0. The molecule has 2 aliphatic rings. The lowest BCUT2D eigenvalue weighted by molar-refractivity contribution is -0.137. The number of carbonyl (C=O) groups is 1. The van der Waals surface area contributed by atoms with Crippen LogP contribution in [0.25, 0.3) is 0 Å². The van der Waals surface area contributed by atoms with E-state index in [1.54, 1.807) is 19.5 Å².